The number of hydrogen-bond donors (Lipinski definition) is 0. The third-order valence-corrected chi connectivity index (χ3v) is 5.85. The first kappa shape index (κ1) is 21.8. The van der Waals surface area contributed by atoms with Crippen LogP contribution in [0.1, 0.15) is 22.8 Å². The average molecular weight is 424 g/mol. The van der Waals surface area contributed by atoms with E-state index in [1.807, 2.05) is 6.92 Å². The van der Waals surface area contributed by atoms with Crippen LogP contribution in [0.25, 0.3) is 0 Å². The lowest BCUT2D eigenvalue weighted by atomic mass is 10.1. The monoisotopic (exact) mass is 423 g/mol. The van der Waals surface area contributed by atoms with Crippen LogP contribution < -0.4 is 9.04 Å². The lowest BCUT2D eigenvalue weighted by Gasteiger charge is -2.20. The predicted octanol–water partition coefficient (Wildman–Crippen LogP) is 4.13. The Balaban J connectivity index is 2.32. The quantitative estimate of drug-likeness (QED) is 0.597. The molecule has 0 aromatic heterocycles. The molecule has 8 heteroatoms. The zero-order valence-electron chi connectivity index (χ0n) is 15.9. The van der Waals surface area contributed by atoms with Gasteiger partial charge in [-0.05, 0) is 55.8 Å². The maximum Gasteiger partial charge on any atom is 0.338 e. The number of carbonyl (C=O) groups excluding carboxylic acids is 1. The molecule has 0 bridgehead atoms. The smallest absolute Gasteiger partial charge is 0.338 e. The highest BCUT2D eigenvalue weighted by atomic mass is 35.5. The lowest BCUT2D eigenvalue weighted by molar-refractivity contribution is 0.0545. The van der Waals surface area contributed by atoms with Crippen LogP contribution in [0.5, 0.6) is 5.75 Å². The SMILES string of the molecule is C=C(Cl)COC(=O)c1cc(S(=O)(=O)N(C)c2ccc(OCC)cc2)ccc1C. The molecule has 2 aromatic rings. The summed E-state index contributed by atoms with van der Waals surface area (Å²) in [6.45, 7) is 7.38. The molecule has 0 spiro atoms. The van der Waals surface area contributed by atoms with Crippen LogP contribution in [0.2, 0.25) is 0 Å². The van der Waals surface area contributed by atoms with Gasteiger partial charge in [0, 0.05) is 12.1 Å². The zero-order chi connectivity index (χ0) is 20.9. The Bertz CT molecular complexity index is 971. The van der Waals surface area contributed by atoms with E-state index < -0.39 is 16.0 Å². The van der Waals surface area contributed by atoms with E-state index in [1.54, 1.807) is 37.3 Å². The standard InChI is InChI=1S/C20H22ClNO5S/c1-5-26-17-9-7-16(8-10-17)22(4)28(24,25)18-11-6-14(2)19(12-18)20(23)27-13-15(3)21/h6-12H,3,5,13H2,1-2,4H3. The summed E-state index contributed by atoms with van der Waals surface area (Å²) in [6, 6.07) is 11.0. The first-order valence-electron chi connectivity index (χ1n) is 8.49. The van der Waals surface area contributed by atoms with Crippen LogP contribution in [0.4, 0.5) is 5.69 Å². The van der Waals surface area contributed by atoms with Gasteiger partial charge in [0.1, 0.15) is 12.4 Å². The van der Waals surface area contributed by atoms with Crippen molar-refractivity contribution in [3.63, 3.8) is 0 Å². The Kier molecular flexibility index (Phi) is 7.10. The second-order valence-corrected chi connectivity index (χ2v) is 8.47. The normalized spacial score (nSPS) is 11.0. The number of nitrogens with zero attached hydrogens (tertiary/aromatic N) is 1. The van der Waals surface area contributed by atoms with Gasteiger partial charge < -0.3 is 9.47 Å². The van der Waals surface area contributed by atoms with Crippen LogP contribution in [-0.4, -0.2) is 34.6 Å². The van der Waals surface area contributed by atoms with Crippen molar-refractivity contribution in [3.8, 4) is 5.75 Å². The van der Waals surface area contributed by atoms with E-state index in [4.69, 9.17) is 21.1 Å². The highest BCUT2D eigenvalue weighted by Gasteiger charge is 2.24. The summed E-state index contributed by atoms with van der Waals surface area (Å²) in [6.07, 6.45) is 0. The molecule has 0 saturated carbocycles. The molecule has 150 valence electrons. The number of carbonyl (C=O) groups is 1. The van der Waals surface area contributed by atoms with E-state index in [-0.39, 0.29) is 22.1 Å². The fraction of sp³-hybridized carbons (Fsp3) is 0.250. The Hall–Kier alpha value is -2.51. The van der Waals surface area contributed by atoms with Gasteiger partial charge in [0.25, 0.3) is 10.0 Å². The molecule has 0 heterocycles. The third kappa shape index (κ3) is 5.05. The van der Waals surface area contributed by atoms with E-state index in [9.17, 15) is 13.2 Å². The molecular formula is C20H22ClNO5S. The molecule has 0 radical (unpaired) electrons. The van der Waals surface area contributed by atoms with Crippen molar-refractivity contribution in [3.05, 3.63) is 65.2 Å². The maximum atomic E-state index is 13.0. The highest BCUT2D eigenvalue weighted by Crippen LogP contribution is 2.26. The minimum absolute atomic E-state index is 0.0221. The van der Waals surface area contributed by atoms with E-state index in [1.165, 1.54) is 19.2 Å². The second-order valence-electron chi connectivity index (χ2n) is 5.97. The van der Waals surface area contributed by atoms with Gasteiger partial charge in [0.05, 0.1) is 22.8 Å². The van der Waals surface area contributed by atoms with E-state index in [2.05, 4.69) is 6.58 Å². The number of sulfonamides is 1. The van der Waals surface area contributed by atoms with Crippen molar-refractivity contribution >= 4 is 33.3 Å². The molecule has 0 fully saturated rings. The molecule has 2 aromatic carbocycles. The molecule has 6 nitrogen and oxygen atoms in total. The van der Waals surface area contributed by atoms with E-state index in [0.717, 1.165) is 4.31 Å². The van der Waals surface area contributed by atoms with Gasteiger partial charge in [-0.2, -0.15) is 0 Å². The van der Waals surface area contributed by atoms with Crippen molar-refractivity contribution in [1.29, 1.82) is 0 Å². The van der Waals surface area contributed by atoms with Crippen molar-refractivity contribution < 1.29 is 22.7 Å². The Morgan fingerprint density at radius 2 is 1.82 bits per heavy atom. The van der Waals surface area contributed by atoms with Crippen molar-refractivity contribution in [2.24, 2.45) is 0 Å². The first-order chi connectivity index (χ1) is 13.2. The zero-order valence-corrected chi connectivity index (χ0v) is 17.5. The minimum Gasteiger partial charge on any atom is -0.494 e. The van der Waals surface area contributed by atoms with Crippen LogP contribution in [0, 0.1) is 6.92 Å². The number of aryl methyl sites for hydroxylation is 1. The molecule has 0 N–H and O–H groups in total. The molecule has 28 heavy (non-hydrogen) atoms. The Labute approximate surface area is 170 Å². The summed E-state index contributed by atoms with van der Waals surface area (Å²) in [7, 11) is -2.44. The Morgan fingerprint density at radius 3 is 2.39 bits per heavy atom. The van der Waals surface area contributed by atoms with E-state index in [0.29, 0.717) is 23.6 Å². The second kappa shape index (κ2) is 9.12. The molecule has 0 unspecified atom stereocenters. The van der Waals surface area contributed by atoms with E-state index >= 15 is 0 Å². The molecule has 0 atom stereocenters. The lowest BCUT2D eigenvalue weighted by Crippen LogP contribution is -2.26. The van der Waals surface area contributed by atoms with Gasteiger partial charge in [-0.15, -0.1) is 0 Å². The molecule has 0 aliphatic carbocycles. The average Bonchev–Trinajstić information content (AvgIpc) is 2.66. The number of esters is 1. The summed E-state index contributed by atoms with van der Waals surface area (Å²) >= 11 is 5.61. The Morgan fingerprint density at radius 1 is 1.18 bits per heavy atom. The number of ether oxygens (including phenoxy) is 2. The van der Waals surface area contributed by atoms with Crippen molar-refractivity contribution in [2.75, 3.05) is 24.6 Å². The van der Waals surface area contributed by atoms with Gasteiger partial charge in [-0.1, -0.05) is 24.2 Å². The third-order valence-electron chi connectivity index (χ3n) is 3.96. The van der Waals surface area contributed by atoms with Gasteiger partial charge in [0.15, 0.2) is 0 Å². The minimum atomic E-state index is -3.88. The topological polar surface area (TPSA) is 72.9 Å². The van der Waals surface area contributed by atoms with Gasteiger partial charge >= 0.3 is 5.97 Å². The molecule has 0 aliphatic heterocycles. The highest BCUT2D eigenvalue weighted by molar-refractivity contribution is 7.92. The maximum absolute atomic E-state index is 13.0. The molecule has 2 rings (SSSR count). The van der Waals surface area contributed by atoms with Gasteiger partial charge in [-0.25, -0.2) is 13.2 Å². The number of rotatable bonds is 8. The van der Waals surface area contributed by atoms with Crippen molar-refractivity contribution in [2.45, 2.75) is 18.7 Å². The summed E-state index contributed by atoms with van der Waals surface area (Å²) in [5.74, 6) is -0.0154. The molecule has 0 aliphatic rings. The fourth-order valence-electron chi connectivity index (χ4n) is 2.42. The predicted molar refractivity (Wildman–Crippen MR) is 110 cm³/mol. The molecule has 0 saturated heterocycles. The first-order valence-corrected chi connectivity index (χ1v) is 10.3. The summed E-state index contributed by atoms with van der Waals surface area (Å²) < 4.78 is 37.5. The molecule has 0 amide bonds. The van der Waals surface area contributed by atoms with Crippen LogP contribution >= 0.6 is 11.6 Å². The number of hydrogen-bond acceptors (Lipinski definition) is 5. The van der Waals surface area contributed by atoms with Crippen molar-refractivity contribution in [1.82, 2.24) is 0 Å². The van der Waals surface area contributed by atoms with Crippen LogP contribution in [0.3, 0.4) is 0 Å². The summed E-state index contributed by atoms with van der Waals surface area (Å²) in [5.41, 5.74) is 1.21. The van der Waals surface area contributed by atoms with Gasteiger partial charge in [-0.3, -0.25) is 4.31 Å². The fourth-order valence-corrected chi connectivity index (χ4v) is 3.70. The number of benzene rings is 2. The summed E-state index contributed by atoms with van der Waals surface area (Å²) in [5, 5.41) is 0.171. The summed E-state index contributed by atoms with van der Waals surface area (Å²) in [4.78, 5) is 12.2. The number of halogens is 1. The van der Waals surface area contributed by atoms with Crippen LogP contribution in [-0.2, 0) is 14.8 Å². The largest absolute Gasteiger partial charge is 0.494 e. The van der Waals surface area contributed by atoms with Crippen LogP contribution in [0.15, 0.2) is 59.0 Å². The van der Waals surface area contributed by atoms with Gasteiger partial charge in [0.2, 0.25) is 0 Å². The number of anilines is 1. The molecular weight excluding hydrogens is 402 g/mol.